The van der Waals surface area contributed by atoms with Crippen molar-refractivity contribution in [1.29, 1.82) is 0 Å². The molecule has 2 atom stereocenters. The normalized spacial score (nSPS) is 26.3. The van der Waals surface area contributed by atoms with Gasteiger partial charge in [0.15, 0.2) is 9.84 Å². The predicted molar refractivity (Wildman–Crippen MR) is 94.0 cm³/mol. The monoisotopic (exact) mass is 351 g/mol. The van der Waals surface area contributed by atoms with Gasteiger partial charge in [-0.3, -0.25) is 4.79 Å². The Balaban J connectivity index is 1.67. The molecule has 0 bridgehead atoms. The fourth-order valence-electron chi connectivity index (χ4n) is 3.55. The molecule has 2 aliphatic heterocycles. The van der Waals surface area contributed by atoms with Crippen LogP contribution >= 0.6 is 0 Å². The van der Waals surface area contributed by atoms with Gasteiger partial charge < -0.3 is 9.80 Å². The van der Waals surface area contributed by atoms with Gasteiger partial charge in [0.25, 0.3) is 5.91 Å². The lowest BCUT2D eigenvalue weighted by Crippen LogP contribution is -2.38. The van der Waals surface area contributed by atoms with Crippen molar-refractivity contribution >= 4 is 21.6 Å². The highest BCUT2D eigenvalue weighted by atomic mass is 32.2. The van der Waals surface area contributed by atoms with Crippen molar-refractivity contribution in [3.63, 3.8) is 0 Å². The van der Waals surface area contributed by atoms with Crippen LogP contribution in [0.4, 0.5) is 5.82 Å². The Morgan fingerprint density at radius 3 is 2.71 bits per heavy atom. The van der Waals surface area contributed by atoms with Crippen LogP contribution in [0.1, 0.15) is 36.5 Å². The maximum atomic E-state index is 12.6. The van der Waals surface area contributed by atoms with E-state index >= 15 is 0 Å². The first-order valence-corrected chi connectivity index (χ1v) is 10.4. The second kappa shape index (κ2) is 6.70. The maximum absolute atomic E-state index is 12.6. The number of carbonyl (C=O) groups excluding carboxylic acids is 1. The van der Waals surface area contributed by atoms with Crippen molar-refractivity contribution in [1.82, 2.24) is 9.88 Å². The van der Waals surface area contributed by atoms with Crippen molar-refractivity contribution in [2.75, 3.05) is 36.5 Å². The zero-order chi connectivity index (χ0) is 17.3. The second-order valence-electron chi connectivity index (χ2n) is 7.07. The third-order valence-corrected chi connectivity index (χ3v) is 6.80. The quantitative estimate of drug-likeness (QED) is 0.827. The molecule has 0 aliphatic carbocycles. The number of anilines is 1. The van der Waals surface area contributed by atoms with Crippen LogP contribution < -0.4 is 4.90 Å². The summed E-state index contributed by atoms with van der Waals surface area (Å²) in [6.45, 7) is 4.25. The van der Waals surface area contributed by atoms with Gasteiger partial charge in [0, 0.05) is 32.4 Å². The molecular formula is C17H25N3O3S. The van der Waals surface area contributed by atoms with E-state index in [1.807, 2.05) is 6.07 Å². The molecule has 24 heavy (non-hydrogen) atoms. The Hall–Kier alpha value is -1.63. The highest BCUT2D eigenvalue weighted by Gasteiger charge is 2.33. The molecule has 7 heteroatoms. The van der Waals surface area contributed by atoms with E-state index in [1.54, 1.807) is 24.2 Å². The topological polar surface area (TPSA) is 70.6 Å². The van der Waals surface area contributed by atoms with Gasteiger partial charge in [-0.15, -0.1) is 0 Å². The lowest BCUT2D eigenvalue weighted by atomic mass is 10.0. The zero-order valence-corrected chi connectivity index (χ0v) is 15.1. The summed E-state index contributed by atoms with van der Waals surface area (Å²) >= 11 is 0. The predicted octanol–water partition coefficient (Wildman–Crippen LogP) is 1.58. The molecule has 3 heterocycles. The van der Waals surface area contributed by atoms with Crippen LogP contribution in [0.2, 0.25) is 0 Å². The van der Waals surface area contributed by atoms with Crippen molar-refractivity contribution in [2.45, 2.75) is 32.2 Å². The number of sulfone groups is 1. The van der Waals surface area contributed by atoms with Crippen LogP contribution in [0.3, 0.4) is 0 Å². The van der Waals surface area contributed by atoms with Crippen LogP contribution in [0.15, 0.2) is 18.3 Å². The summed E-state index contributed by atoms with van der Waals surface area (Å²) in [6, 6.07) is 3.46. The van der Waals surface area contributed by atoms with E-state index in [0.29, 0.717) is 17.9 Å². The molecule has 132 valence electrons. The molecule has 0 aromatic carbocycles. The lowest BCUT2D eigenvalue weighted by Gasteiger charge is -2.32. The van der Waals surface area contributed by atoms with E-state index in [2.05, 4.69) is 16.8 Å². The van der Waals surface area contributed by atoms with Gasteiger partial charge >= 0.3 is 0 Å². The molecule has 6 nitrogen and oxygen atoms in total. The number of hydrogen-bond donors (Lipinski definition) is 0. The van der Waals surface area contributed by atoms with Crippen LogP contribution in [0.5, 0.6) is 0 Å². The van der Waals surface area contributed by atoms with E-state index in [1.165, 1.54) is 12.8 Å². The first-order chi connectivity index (χ1) is 11.4. The average molecular weight is 351 g/mol. The number of pyridine rings is 1. The summed E-state index contributed by atoms with van der Waals surface area (Å²) < 4.78 is 23.2. The number of carbonyl (C=O) groups is 1. The summed E-state index contributed by atoms with van der Waals surface area (Å²) in [5.41, 5.74) is 0.510. The van der Waals surface area contributed by atoms with E-state index in [0.717, 1.165) is 18.9 Å². The first-order valence-electron chi connectivity index (χ1n) is 8.54. The number of hydrogen-bond acceptors (Lipinski definition) is 5. The van der Waals surface area contributed by atoms with E-state index in [4.69, 9.17) is 0 Å². The zero-order valence-electron chi connectivity index (χ0n) is 14.3. The number of piperidine rings is 1. The fraction of sp³-hybridized carbons (Fsp3) is 0.647. The smallest absolute Gasteiger partial charge is 0.255 e. The van der Waals surface area contributed by atoms with Gasteiger partial charge in [0.05, 0.1) is 17.1 Å². The van der Waals surface area contributed by atoms with E-state index in [-0.39, 0.29) is 23.5 Å². The van der Waals surface area contributed by atoms with Crippen LogP contribution in [-0.2, 0) is 9.84 Å². The molecule has 1 aromatic heterocycles. The highest BCUT2D eigenvalue weighted by molar-refractivity contribution is 7.91. The summed E-state index contributed by atoms with van der Waals surface area (Å²) in [5.74, 6) is 1.64. The van der Waals surface area contributed by atoms with Gasteiger partial charge in [0.2, 0.25) is 0 Å². The third kappa shape index (κ3) is 3.71. The molecule has 1 aromatic rings. The Kier molecular flexibility index (Phi) is 4.80. The molecule has 2 fully saturated rings. The maximum Gasteiger partial charge on any atom is 0.255 e. The lowest BCUT2D eigenvalue weighted by molar-refractivity contribution is 0.0747. The Morgan fingerprint density at radius 2 is 2.12 bits per heavy atom. The van der Waals surface area contributed by atoms with E-state index in [9.17, 15) is 13.2 Å². The number of rotatable bonds is 3. The average Bonchev–Trinajstić information content (AvgIpc) is 2.93. The van der Waals surface area contributed by atoms with Crippen molar-refractivity contribution in [3.05, 3.63) is 23.9 Å². The first kappa shape index (κ1) is 17.2. The molecule has 1 amide bonds. The minimum absolute atomic E-state index is 0.0619. The second-order valence-corrected chi connectivity index (χ2v) is 9.30. The molecule has 2 saturated heterocycles. The number of nitrogens with zero attached hydrogens (tertiary/aromatic N) is 3. The standard InChI is InChI=1S/C17H25N3O3S/c1-13-4-3-8-20(11-13)16-6-5-14(10-18-16)17(21)19(2)15-7-9-24(22,23)12-15/h5-6,10,13,15H,3-4,7-9,11-12H2,1-2H3. The van der Waals surface area contributed by atoms with Crippen LogP contribution in [0.25, 0.3) is 0 Å². The van der Waals surface area contributed by atoms with Crippen LogP contribution in [0, 0.1) is 5.92 Å². The van der Waals surface area contributed by atoms with Crippen molar-refractivity contribution in [2.24, 2.45) is 5.92 Å². The van der Waals surface area contributed by atoms with Gasteiger partial charge in [-0.25, -0.2) is 13.4 Å². The summed E-state index contributed by atoms with van der Waals surface area (Å²) in [6.07, 6.45) is 4.54. The molecule has 3 rings (SSSR count). The fourth-order valence-corrected chi connectivity index (χ4v) is 5.32. The Morgan fingerprint density at radius 1 is 1.33 bits per heavy atom. The van der Waals surface area contributed by atoms with Crippen molar-refractivity contribution in [3.8, 4) is 0 Å². The number of amides is 1. The molecular weight excluding hydrogens is 326 g/mol. The Labute approximate surface area is 143 Å². The SMILES string of the molecule is CC1CCCN(c2ccc(C(=O)N(C)C3CCS(=O)(=O)C3)cn2)C1. The van der Waals surface area contributed by atoms with Crippen LogP contribution in [-0.4, -0.2) is 61.9 Å². The molecule has 0 spiro atoms. The summed E-state index contributed by atoms with van der Waals surface area (Å²) in [4.78, 5) is 20.8. The number of aromatic nitrogens is 1. The molecule has 2 unspecified atom stereocenters. The minimum Gasteiger partial charge on any atom is -0.356 e. The summed E-state index contributed by atoms with van der Waals surface area (Å²) in [7, 11) is -1.32. The third-order valence-electron chi connectivity index (χ3n) is 5.05. The van der Waals surface area contributed by atoms with Gasteiger partial charge in [-0.2, -0.15) is 0 Å². The van der Waals surface area contributed by atoms with E-state index < -0.39 is 9.84 Å². The van der Waals surface area contributed by atoms with Gasteiger partial charge in [-0.05, 0) is 37.3 Å². The molecule has 2 aliphatic rings. The van der Waals surface area contributed by atoms with Crippen molar-refractivity contribution < 1.29 is 13.2 Å². The highest BCUT2D eigenvalue weighted by Crippen LogP contribution is 2.22. The minimum atomic E-state index is -3.00. The molecule has 0 radical (unpaired) electrons. The van der Waals surface area contributed by atoms with Gasteiger partial charge in [-0.1, -0.05) is 6.92 Å². The molecule has 0 N–H and O–H groups in total. The van der Waals surface area contributed by atoms with Gasteiger partial charge in [0.1, 0.15) is 5.82 Å². The summed E-state index contributed by atoms with van der Waals surface area (Å²) in [5, 5.41) is 0. The Bertz CT molecular complexity index is 702. The largest absolute Gasteiger partial charge is 0.356 e. The molecule has 0 saturated carbocycles.